The van der Waals surface area contributed by atoms with Crippen molar-refractivity contribution in [2.24, 2.45) is 4.99 Å². The SMILES string of the molecule is CCc1ccc(OC)c(N=C=S)c1. The number of isothiocyanates is 1. The van der Waals surface area contributed by atoms with Crippen LogP contribution in [-0.2, 0) is 6.42 Å². The lowest BCUT2D eigenvalue weighted by atomic mass is 10.1. The molecule has 2 nitrogen and oxygen atoms in total. The summed E-state index contributed by atoms with van der Waals surface area (Å²) < 4.78 is 5.12. The summed E-state index contributed by atoms with van der Waals surface area (Å²) in [5.41, 5.74) is 1.96. The van der Waals surface area contributed by atoms with Crippen LogP contribution in [0.3, 0.4) is 0 Å². The zero-order valence-electron chi connectivity index (χ0n) is 7.70. The molecule has 1 aromatic carbocycles. The minimum Gasteiger partial charge on any atom is -0.494 e. The zero-order valence-corrected chi connectivity index (χ0v) is 8.52. The Balaban J connectivity index is 3.17. The van der Waals surface area contributed by atoms with Crippen molar-refractivity contribution >= 4 is 23.1 Å². The van der Waals surface area contributed by atoms with Gasteiger partial charge in [-0.2, -0.15) is 4.99 Å². The average molecular weight is 193 g/mol. The largest absolute Gasteiger partial charge is 0.494 e. The molecule has 0 N–H and O–H groups in total. The maximum Gasteiger partial charge on any atom is 0.145 e. The number of benzene rings is 1. The molecular weight excluding hydrogens is 182 g/mol. The number of nitrogens with zero attached hydrogens (tertiary/aromatic N) is 1. The third-order valence-corrected chi connectivity index (χ3v) is 1.91. The molecule has 0 bridgehead atoms. The van der Waals surface area contributed by atoms with Crippen molar-refractivity contribution < 1.29 is 4.74 Å². The molecule has 0 amide bonds. The van der Waals surface area contributed by atoms with Gasteiger partial charge in [0.15, 0.2) is 0 Å². The van der Waals surface area contributed by atoms with Gasteiger partial charge in [-0.15, -0.1) is 0 Å². The Bertz CT molecular complexity index is 343. The quantitative estimate of drug-likeness (QED) is 0.543. The Labute approximate surface area is 83.3 Å². The highest BCUT2D eigenvalue weighted by atomic mass is 32.1. The molecule has 0 aromatic heterocycles. The minimum atomic E-state index is 0.731. The van der Waals surface area contributed by atoms with Gasteiger partial charge in [-0.05, 0) is 36.3 Å². The van der Waals surface area contributed by atoms with Gasteiger partial charge in [0, 0.05) is 0 Å². The highest BCUT2D eigenvalue weighted by molar-refractivity contribution is 7.78. The van der Waals surface area contributed by atoms with Crippen LogP contribution in [0.5, 0.6) is 5.75 Å². The normalized spacial score (nSPS) is 9.08. The summed E-state index contributed by atoms with van der Waals surface area (Å²) in [5.74, 6) is 0.731. The van der Waals surface area contributed by atoms with Gasteiger partial charge in [0.05, 0.1) is 12.3 Å². The smallest absolute Gasteiger partial charge is 0.145 e. The fraction of sp³-hybridized carbons (Fsp3) is 0.300. The predicted octanol–water partition coefficient (Wildman–Crippen LogP) is 2.99. The first-order valence-electron chi connectivity index (χ1n) is 4.06. The minimum absolute atomic E-state index is 0.731. The van der Waals surface area contributed by atoms with Gasteiger partial charge in [0.25, 0.3) is 0 Å². The number of methoxy groups -OCH3 is 1. The molecular formula is C10H11NOS. The van der Waals surface area contributed by atoms with Crippen LogP contribution in [0.4, 0.5) is 5.69 Å². The average Bonchev–Trinajstić information content (AvgIpc) is 2.18. The van der Waals surface area contributed by atoms with Crippen LogP contribution in [0.15, 0.2) is 23.2 Å². The molecule has 0 unspecified atom stereocenters. The molecule has 0 saturated carbocycles. The number of ether oxygens (including phenoxy) is 1. The highest BCUT2D eigenvalue weighted by Gasteiger charge is 2.01. The molecule has 1 rings (SSSR count). The maximum atomic E-state index is 5.12. The number of rotatable bonds is 3. The molecule has 0 aliphatic rings. The molecule has 0 atom stereocenters. The second-order valence-corrected chi connectivity index (χ2v) is 2.75. The molecule has 0 aliphatic carbocycles. The Morgan fingerprint density at radius 3 is 2.85 bits per heavy atom. The van der Waals surface area contributed by atoms with Gasteiger partial charge >= 0.3 is 0 Å². The van der Waals surface area contributed by atoms with Gasteiger partial charge in [-0.1, -0.05) is 13.0 Å². The van der Waals surface area contributed by atoms with Crippen molar-refractivity contribution in [3.63, 3.8) is 0 Å². The monoisotopic (exact) mass is 193 g/mol. The third-order valence-electron chi connectivity index (χ3n) is 1.82. The highest BCUT2D eigenvalue weighted by Crippen LogP contribution is 2.27. The first-order chi connectivity index (χ1) is 6.31. The van der Waals surface area contributed by atoms with Gasteiger partial charge in [-0.25, -0.2) is 0 Å². The summed E-state index contributed by atoms with van der Waals surface area (Å²) in [6.45, 7) is 2.09. The number of aliphatic imine (C=N–C) groups is 1. The summed E-state index contributed by atoms with van der Waals surface area (Å²) in [6, 6.07) is 5.86. The van der Waals surface area contributed by atoms with E-state index in [-0.39, 0.29) is 0 Å². The topological polar surface area (TPSA) is 21.6 Å². The number of hydrogen-bond donors (Lipinski definition) is 0. The van der Waals surface area contributed by atoms with Gasteiger partial charge in [-0.3, -0.25) is 0 Å². The van der Waals surface area contributed by atoms with E-state index in [0.717, 1.165) is 17.9 Å². The van der Waals surface area contributed by atoms with Crippen LogP contribution in [0.2, 0.25) is 0 Å². The lowest BCUT2D eigenvalue weighted by Crippen LogP contribution is -1.85. The third kappa shape index (κ3) is 2.38. The fourth-order valence-electron chi connectivity index (χ4n) is 1.09. The molecule has 0 heterocycles. The van der Waals surface area contributed by atoms with Gasteiger partial charge in [0.1, 0.15) is 11.4 Å². The lowest BCUT2D eigenvalue weighted by Gasteiger charge is -2.04. The molecule has 0 saturated heterocycles. The molecule has 0 aliphatic heterocycles. The summed E-state index contributed by atoms with van der Waals surface area (Å²) >= 11 is 4.55. The molecule has 1 aromatic rings. The van der Waals surface area contributed by atoms with Crippen LogP contribution < -0.4 is 4.74 Å². The first kappa shape index (κ1) is 9.90. The summed E-state index contributed by atoms with van der Waals surface area (Å²) in [5, 5.41) is 2.34. The summed E-state index contributed by atoms with van der Waals surface area (Å²) in [4.78, 5) is 3.93. The van der Waals surface area contributed by atoms with Crippen molar-refractivity contribution in [2.75, 3.05) is 7.11 Å². The fourth-order valence-corrected chi connectivity index (χ4v) is 1.19. The lowest BCUT2D eigenvalue weighted by molar-refractivity contribution is 0.416. The van der Waals surface area contributed by atoms with Crippen molar-refractivity contribution in [3.8, 4) is 5.75 Å². The van der Waals surface area contributed by atoms with Crippen molar-refractivity contribution in [2.45, 2.75) is 13.3 Å². The van der Waals surface area contributed by atoms with Gasteiger partial charge < -0.3 is 4.74 Å². The summed E-state index contributed by atoms with van der Waals surface area (Å²) in [7, 11) is 1.61. The Kier molecular flexibility index (Phi) is 3.62. The molecule has 0 radical (unpaired) electrons. The Morgan fingerprint density at radius 1 is 1.54 bits per heavy atom. The second-order valence-electron chi connectivity index (χ2n) is 2.56. The van der Waals surface area contributed by atoms with Crippen LogP contribution in [0.25, 0.3) is 0 Å². The van der Waals surface area contributed by atoms with E-state index in [9.17, 15) is 0 Å². The van der Waals surface area contributed by atoms with E-state index in [0.29, 0.717) is 0 Å². The van der Waals surface area contributed by atoms with Crippen molar-refractivity contribution in [1.82, 2.24) is 0 Å². The molecule has 68 valence electrons. The van der Waals surface area contributed by atoms with E-state index in [1.807, 2.05) is 18.2 Å². The molecule has 0 fully saturated rings. The van der Waals surface area contributed by atoms with Crippen LogP contribution >= 0.6 is 12.2 Å². The zero-order chi connectivity index (χ0) is 9.68. The van der Waals surface area contributed by atoms with Crippen LogP contribution in [-0.4, -0.2) is 12.3 Å². The van der Waals surface area contributed by atoms with E-state index in [4.69, 9.17) is 4.74 Å². The van der Waals surface area contributed by atoms with Crippen LogP contribution in [0, 0.1) is 0 Å². The maximum absolute atomic E-state index is 5.12. The number of aryl methyl sites for hydroxylation is 1. The summed E-state index contributed by atoms with van der Waals surface area (Å²) in [6.07, 6.45) is 0.976. The van der Waals surface area contributed by atoms with E-state index < -0.39 is 0 Å². The first-order valence-corrected chi connectivity index (χ1v) is 4.47. The number of hydrogen-bond acceptors (Lipinski definition) is 3. The second kappa shape index (κ2) is 4.75. The van der Waals surface area contributed by atoms with E-state index >= 15 is 0 Å². The Hall–Kier alpha value is -1.18. The van der Waals surface area contributed by atoms with Crippen LogP contribution in [0.1, 0.15) is 12.5 Å². The standard InChI is InChI=1S/C10H11NOS/c1-3-8-4-5-10(12-2)9(6-8)11-7-13/h4-6H,3H2,1-2H3. The number of thiocarbonyl (C=S) groups is 1. The van der Waals surface area contributed by atoms with Crippen molar-refractivity contribution in [1.29, 1.82) is 0 Å². The predicted molar refractivity (Wildman–Crippen MR) is 57.1 cm³/mol. The molecule has 0 spiro atoms. The van der Waals surface area contributed by atoms with E-state index in [1.165, 1.54) is 5.56 Å². The van der Waals surface area contributed by atoms with E-state index in [1.54, 1.807) is 7.11 Å². The molecule has 13 heavy (non-hydrogen) atoms. The van der Waals surface area contributed by atoms with E-state index in [2.05, 4.69) is 29.3 Å². The molecule has 3 heteroatoms. The Morgan fingerprint density at radius 2 is 2.31 bits per heavy atom. The van der Waals surface area contributed by atoms with Crippen molar-refractivity contribution in [3.05, 3.63) is 23.8 Å². The van der Waals surface area contributed by atoms with Gasteiger partial charge in [0.2, 0.25) is 0 Å².